The van der Waals surface area contributed by atoms with Crippen molar-refractivity contribution in [3.63, 3.8) is 0 Å². The number of rotatable bonds is 8. The van der Waals surface area contributed by atoms with E-state index in [1.54, 1.807) is 30.3 Å². The molecule has 0 aliphatic heterocycles. The van der Waals surface area contributed by atoms with Crippen molar-refractivity contribution in [1.29, 1.82) is 0 Å². The quantitative estimate of drug-likeness (QED) is 0.483. The SMILES string of the molecule is COC(=O)c1cccc(S(=O)(=O)Nc2ccccc2C(=O)Nc2ccc(OC)cc2OC)c1. The molecule has 0 aromatic heterocycles. The Morgan fingerprint density at radius 3 is 2.27 bits per heavy atom. The van der Waals surface area contributed by atoms with Crippen LogP contribution < -0.4 is 19.5 Å². The fraction of sp³-hybridized carbons (Fsp3) is 0.130. The van der Waals surface area contributed by atoms with Crippen LogP contribution in [-0.2, 0) is 14.8 Å². The fourth-order valence-electron chi connectivity index (χ4n) is 2.97. The minimum absolute atomic E-state index is 0.0611. The lowest BCUT2D eigenvalue weighted by Gasteiger charge is -2.15. The van der Waals surface area contributed by atoms with Gasteiger partial charge in [-0.15, -0.1) is 0 Å². The number of methoxy groups -OCH3 is 3. The summed E-state index contributed by atoms with van der Waals surface area (Å²) >= 11 is 0. The molecule has 0 heterocycles. The summed E-state index contributed by atoms with van der Waals surface area (Å²) in [6.45, 7) is 0. The molecule has 0 fully saturated rings. The van der Waals surface area contributed by atoms with Crippen LogP contribution in [0.2, 0.25) is 0 Å². The molecule has 2 N–H and O–H groups in total. The van der Waals surface area contributed by atoms with Gasteiger partial charge in [0.05, 0.1) is 48.7 Å². The van der Waals surface area contributed by atoms with Crippen molar-refractivity contribution in [2.45, 2.75) is 4.90 Å². The van der Waals surface area contributed by atoms with Crippen molar-refractivity contribution >= 4 is 33.3 Å². The molecule has 1 amide bonds. The van der Waals surface area contributed by atoms with Gasteiger partial charge in [-0.3, -0.25) is 9.52 Å². The van der Waals surface area contributed by atoms with Gasteiger partial charge in [0, 0.05) is 6.07 Å². The molecule has 0 unspecified atom stereocenters. The number of hydrogen-bond donors (Lipinski definition) is 2. The Labute approximate surface area is 191 Å². The average molecular weight is 471 g/mol. The van der Waals surface area contributed by atoms with Gasteiger partial charge in [-0.25, -0.2) is 13.2 Å². The first-order valence-corrected chi connectivity index (χ1v) is 11.1. The highest BCUT2D eigenvalue weighted by Gasteiger charge is 2.21. The van der Waals surface area contributed by atoms with Crippen LogP contribution in [0.5, 0.6) is 11.5 Å². The number of ether oxygens (including phenoxy) is 3. The maximum atomic E-state index is 13.0. The standard InChI is InChI=1S/C23H22N2O7S/c1-30-16-11-12-20(21(14-16)31-2)24-22(26)18-9-4-5-10-19(18)25-33(28,29)17-8-6-7-15(13-17)23(27)32-3/h4-14,25H,1-3H3,(H,24,26). The second kappa shape index (κ2) is 10.0. The second-order valence-electron chi connectivity index (χ2n) is 6.69. The summed E-state index contributed by atoms with van der Waals surface area (Å²) in [5, 5.41) is 2.71. The Hall–Kier alpha value is -4.05. The lowest BCUT2D eigenvalue weighted by molar-refractivity contribution is 0.0600. The summed E-state index contributed by atoms with van der Waals surface area (Å²) in [5.74, 6) is -0.298. The highest BCUT2D eigenvalue weighted by molar-refractivity contribution is 7.92. The first-order valence-electron chi connectivity index (χ1n) is 9.62. The van der Waals surface area contributed by atoms with Gasteiger partial charge < -0.3 is 19.5 Å². The van der Waals surface area contributed by atoms with Gasteiger partial charge >= 0.3 is 5.97 Å². The second-order valence-corrected chi connectivity index (χ2v) is 8.37. The van der Waals surface area contributed by atoms with Gasteiger partial charge in [-0.2, -0.15) is 0 Å². The first kappa shape index (κ1) is 23.6. The van der Waals surface area contributed by atoms with Gasteiger partial charge in [0.1, 0.15) is 11.5 Å². The zero-order valence-electron chi connectivity index (χ0n) is 18.1. The number of benzene rings is 3. The summed E-state index contributed by atoms with van der Waals surface area (Å²) in [4.78, 5) is 24.6. The van der Waals surface area contributed by atoms with Gasteiger partial charge in [0.25, 0.3) is 15.9 Å². The molecule has 172 valence electrons. The highest BCUT2D eigenvalue weighted by atomic mass is 32.2. The Morgan fingerprint density at radius 1 is 0.818 bits per heavy atom. The van der Waals surface area contributed by atoms with Crippen molar-refractivity contribution in [3.05, 3.63) is 77.9 Å². The molecule has 3 rings (SSSR count). The molecule has 0 saturated heterocycles. The Balaban J connectivity index is 1.89. The van der Waals surface area contributed by atoms with E-state index in [1.807, 2.05) is 0 Å². The zero-order valence-corrected chi connectivity index (χ0v) is 18.9. The number of hydrogen-bond acceptors (Lipinski definition) is 7. The molecule has 0 spiro atoms. The summed E-state index contributed by atoms with van der Waals surface area (Å²) in [5.41, 5.74) is 0.610. The number of esters is 1. The molecule has 33 heavy (non-hydrogen) atoms. The molecule has 0 radical (unpaired) electrons. The van der Waals surface area contributed by atoms with E-state index in [0.717, 1.165) is 0 Å². The number of para-hydroxylation sites is 1. The number of carbonyl (C=O) groups excluding carboxylic acids is 2. The Bertz CT molecular complexity index is 1290. The predicted molar refractivity (Wildman–Crippen MR) is 123 cm³/mol. The maximum absolute atomic E-state index is 13.0. The predicted octanol–water partition coefficient (Wildman–Crippen LogP) is 3.54. The molecule has 0 bridgehead atoms. The van der Waals surface area contributed by atoms with Crippen molar-refractivity contribution in [3.8, 4) is 11.5 Å². The largest absolute Gasteiger partial charge is 0.497 e. The Kier molecular flexibility index (Phi) is 7.19. The molecule has 3 aromatic rings. The van der Waals surface area contributed by atoms with E-state index >= 15 is 0 Å². The summed E-state index contributed by atoms with van der Waals surface area (Å²) < 4.78 is 43.4. The van der Waals surface area contributed by atoms with Crippen LogP contribution in [0, 0.1) is 0 Å². The zero-order chi connectivity index (χ0) is 24.0. The lowest BCUT2D eigenvalue weighted by atomic mass is 10.1. The van der Waals surface area contributed by atoms with Gasteiger partial charge in [0.15, 0.2) is 0 Å². The molecule has 0 aliphatic carbocycles. The van der Waals surface area contributed by atoms with Crippen LogP contribution in [0.4, 0.5) is 11.4 Å². The van der Waals surface area contributed by atoms with Crippen LogP contribution in [0.1, 0.15) is 20.7 Å². The summed E-state index contributed by atoms with van der Waals surface area (Å²) in [6, 6.07) is 16.4. The summed E-state index contributed by atoms with van der Waals surface area (Å²) in [6.07, 6.45) is 0. The van der Waals surface area contributed by atoms with Gasteiger partial charge in [-0.05, 0) is 42.5 Å². The van der Waals surface area contributed by atoms with Crippen LogP contribution in [0.3, 0.4) is 0 Å². The summed E-state index contributed by atoms with van der Waals surface area (Å²) in [7, 11) is 0.0590. The van der Waals surface area contributed by atoms with Crippen molar-refractivity contribution in [2.24, 2.45) is 0 Å². The first-order chi connectivity index (χ1) is 15.8. The molecule has 0 atom stereocenters. The molecule has 3 aromatic carbocycles. The van der Waals surface area contributed by atoms with E-state index in [9.17, 15) is 18.0 Å². The minimum Gasteiger partial charge on any atom is -0.497 e. The number of anilines is 2. The molecular weight excluding hydrogens is 448 g/mol. The van der Waals surface area contributed by atoms with E-state index in [2.05, 4.69) is 14.8 Å². The van der Waals surface area contributed by atoms with E-state index in [0.29, 0.717) is 17.2 Å². The van der Waals surface area contributed by atoms with E-state index < -0.39 is 21.9 Å². The third-order valence-electron chi connectivity index (χ3n) is 4.64. The fourth-order valence-corrected chi connectivity index (χ4v) is 4.10. The Morgan fingerprint density at radius 2 is 1.58 bits per heavy atom. The monoisotopic (exact) mass is 470 g/mol. The molecule has 0 saturated carbocycles. The molecular formula is C23H22N2O7S. The van der Waals surface area contributed by atoms with Crippen molar-refractivity contribution in [2.75, 3.05) is 31.4 Å². The van der Waals surface area contributed by atoms with E-state index in [1.165, 1.54) is 57.7 Å². The smallest absolute Gasteiger partial charge is 0.337 e. The molecule has 9 nitrogen and oxygen atoms in total. The number of carbonyl (C=O) groups is 2. The van der Waals surface area contributed by atoms with Crippen molar-refractivity contribution in [1.82, 2.24) is 0 Å². The maximum Gasteiger partial charge on any atom is 0.337 e. The van der Waals surface area contributed by atoms with Gasteiger partial charge in [0.2, 0.25) is 0 Å². The third kappa shape index (κ3) is 5.42. The minimum atomic E-state index is -4.11. The van der Waals surface area contributed by atoms with Crippen molar-refractivity contribution < 1.29 is 32.2 Å². The van der Waals surface area contributed by atoms with E-state index in [-0.39, 0.29) is 21.7 Å². The number of amides is 1. The van der Waals surface area contributed by atoms with Crippen LogP contribution in [-0.4, -0.2) is 41.6 Å². The van der Waals surface area contributed by atoms with Crippen LogP contribution in [0.25, 0.3) is 0 Å². The molecule has 0 aliphatic rings. The third-order valence-corrected chi connectivity index (χ3v) is 6.00. The van der Waals surface area contributed by atoms with Crippen LogP contribution in [0.15, 0.2) is 71.6 Å². The topological polar surface area (TPSA) is 120 Å². The van der Waals surface area contributed by atoms with E-state index in [4.69, 9.17) is 9.47 Å². The van der Waals surface area contributed by atoms with Crippen LogP contribution >= 0.6 is 0 Å². The average Bonchev–Trinajstić information content (AvgIpc) is 2.83. The lowest BCUT2D eigenvalue weighted by Crippen LogP contribution is -2.19. The number of sulfonamides is 1. The highest BCUT2D eigenvalue weighted by Crippen LogP contribution is 2.30. The molecule has 10 heteroatoms. The van der Waals surface area contributed by atoms with Gasteiger partial charge in [-0.1, -0.05) is 18.2 Å². The normalized spacial score (nSPS) is 10.8. The number of nitrogens with one attached hydrogen (secondary N) is 2.